The van der Waals surface area contributed by atoms with Crippen LogP contribution < -0.4 is 5.73 Å². The summed E-state index contributed by atoms with van der Waals surface area (Å²) >= 11 is 3.01. The Morgan fingerprint density at radius 2 is 2.28 bits per heavy atom. The fourth-order valence-corrected chi connectivity index (χ4v) is 4.03. The SMILES string of the molecule is Nc1nc(SC2CCCCC2=O)nc2sccc12. The number of carbonyl (C=O) groups is 1. The Labute approximate surface area is 113 Å². The Balaban J connectivity index is 1.87. The first-order valence-electron chi connectivity index (χ1n) is 5.94. The molecule has 94 valence electrons. The molecule has 4 nitrogen and oxygen atoms in total. The average molecular weight is 279 g/mol. The molecule has 2 N–H and O–H groups in total. The van der Waals surface area contributed by atoms with Crippen LogP contribution >= 0.6 is 23.1 Å². The molecule has 18 heavy (non-hydrogen) atoms. The van der Waals surface area contributed by atoms with Gasteiger partial charge in [0.25, 0.3) is 0 Å². The Kier molecular flexibility index (Phi) is 3.22. The molecule has 1 saturated carbocycles. The highest BCUT2D eigenvalue weighted by molar-refractivity contribution is 8.00. The molecule has 1 aliphatic carbocycles. The van der Waals surface area contributed by atoms with E-state index in [0.717, 1.165) is 29.5 Å². The number of nitrogens with two attached hydrogens (primary N) is 1. The van der Waals surface area contributed by atoms with Gasteiger partial charge in [0.15, 0.2) is 5.16 Å². The van der Waals surface area contributed by atoms with Gasteiger partial charge in [-0.05, 0) is 24.3 Å². The third-order valence-electron chi connectivity index (χ3n) is 3.08. The maximum atomic E-state index is 11.8. The lowest BCUT2D eigenvalue weighted by molar-refractivity contribution is -0.119. The summed E-state index contributed by atoms with van der Waals surface area (Å²) in [6.07, 6.45) is 3.74. The van der Waals surface area contributed by atoms with Crippen LogP contribution in [0.2, 0.25) is 0 Å². The van der Waals surface area contributed by atoms with Crippen LogP contribution in [0, 0.1) is 0 Å². The first-order chi connectivity index (χ1) is 8.74. The summed E-state index contributed by atoms with van der Waals surface area (Å²) in [5.74, 6) is 0.826. The summed E-state index contributed by atoms with van der Waals surface area (Å²) in [7, 11) is 0. The molecule has 2 heterocycles. The van der Waals surface area contributed by atoms with Crippen molar-refractivity contribution in [1.29, 1.82) is 0 Å². The largest absolute Gasteiger partial charge is 0.383 e. The molecule has 3 rings (SSSR count). The van der Waals surface area contributed by atoms with Crippen LogP contribution in [0.5, 0.6) is 0 Å². The van der Waals surface area contributed by atoms with Crippen LogP contribution in [-0.2, 0) is 4.79 Å². The van der Waals surface area contributed by atoms with E-state index in [9.17, 15) is 4.79 Å². The van der Waals surface area contributed by atoms with Crippen molar-refractivity contribution >= 4 is 44.9 Å². The van der Waals surface area contributed by atoms with E-state index < -0.39 is 0 Å². The minimum atomic E-state index is 0.00978. The van der Waals surface area contributed by atoms with Gasteiger partial charge in [-0.3, -0.25) is 4.79 Å². The number of hydrogen-bond acceptors (Lipinski definition) is 6. The van der Waals surface area contributed by atoms with Gasteiger partial charge in [0.1, 0.15) is 16.4 Å². The van der Waals surface area contributed by atoms with Crippen LogP contribution in [0.1, 0.15) is 25.7 Å². The minimum Gasteiger partial charge on any atom is -0.383 e. The third-order valence-corrected chi connectivity index (χ3v) is 5.06. The zero-order chi connectivity index (χ0) is 12.5. The van der Waals surface area contributed by atoms with Crippen LogP contribution in [0.15, 0.2) is 16.6 Å². The van der Waals surface area contributed by atoms with Crippen molar-refractivity contribution < 1.29 is 4.79 Å². The summed E-state index contributed by atoms with van der Waals surface area (Å²) in [6.45, 7) is 0. The van der Waals surface area contributed by atoms with E-state index in [-0.39, 0.29) is 5.25 Å². The van der Waals surface area contributed by atoms with E-state index in [0.29, 0.717) is 23.2 Å². The number of ketones is 1. The van der Waals surface area contributed by atoms with Gasteiger partial charge < -0.3 is 5.73 Å². The van der Waals surface area contributed by atoms with E-state index in [4.69, 9.17) is 5.73 Å². The van der Waals surface area contributed by atoms with Gasteiger partial charge in [-0.15, -0.1) is 11.3 Å². The Morgan fingerprint density at radius 3 is 3.11 bits per heavy atom. The molecule has 0 radical (unpaired) electrons. The molecule has 1 atom stereocenters. The number of nitrogens with zero attached hydrogens (tertiary/aromatic N) is 2. The number of nitrogen functional groups attached to an aromatic ring is 1. The van der Waals surface area contributed by atoms with Crippen LogP contribution in [0.25, 0.3) is 10.2 Å². The molecular weight excluding hydrogens is 266 g/mol. The van der Waals surface area contributed by atoms with Crippen molar-refractivity contribution in [3.63, 3.8) is 0 Å². The summed E-state index contributed by atoms with van der Waals surface area (Å²) in [5, 5.41) is 3.49. The fraction of sp³-hybridized carbons (Fsp3) is 0.417. The van der Waals surface area contributed by atoms with Crippen molar-refractivity contribution in [2.24, 2.45) is 0 Å². The first-order valence-corrected chi connectivity index (χ1v) is 7.70. The molecule has 2 aromatic heterocycles. The number of thioether (sulfide) groups is 1. The second-order valence-electron chi connectivity index (χ2n) is 4.35. The van der Waals surface area contributed by atoms with Gasteiger partial charge in [-0.2, -0.15) is 0 Å². The summed E-state index contributed by atoms with van der Waals surface area (Å²) < 4.78 is 0. The predicted octanol–water partition coefficient (Wildman–Crippen LogP) is 2.88. The van der Waals surface area contributed by atoms with Crippen molar-refractivity contribution in [3.8, 4) is 0 Å². The van der Waals surface area contributed by atoms with E-state index in [1.54, 1.807) is 11.3 Å². The topological polar surface area (TPSA) is 68.9 Å². The third kappa shape index (κ3) is 2.22. The van der Waals surface area contributed by atoms with Crippen LogP contribution in [0.4, 0.5) is 5.82 Å². The molecular formula is C12H13N3OS2. The van der Waals surface area contributed by atoms with Crippen molar-refractivity contribution in [3.05, 3.63) is 11.4 Å². The highest BCUT2D eigenvalue weighted by Crippen LogP contribution is 2.32. The molecule has 0 saturated heterocycles. The number of fused-ring (bicyclic) bond motifs is 1. The molecule has 0 spiro atoms. The highest BCUT2D eigenvalue weighted by Gasteiger charge is 2.24. The first kappa shape index (κ1) is 11.9. The number of Topliss-reactive ketones (excluding diaryl/α,β-unsaturated/α-hetero) is 1. The van der Waals surface area contributed by atoms with Crippen molar-refractivity contribution in [2.45, 2.75) is 36.1 Å². The molecule has 0 aliphatic heterocycles. The molecule has 1 unspecified atom stereocenters. The average Bonchev–Trinajstić information content (AvgIpc) is 2.81. The molecule has 2 aromatic rings. The summed E-state index contributed by atoms with van der Waals surface area (Å²) in [4.78, 5) is 21.4. The fourth-order valence-electron chi connectivity index (χ4n) is 2.11. The molecule has 0 bridgehead atoms. The summed E-state index contributed by atoms with van der Waals surface area (Å²) in [5.41, 5.74) is 5.90. The summed E-state index contributed by atoms with van der Waals surface area (Å²) in [6, 6.07) is 1.93. The second-order valence-corrected chi connectivity index (χ2v) is 6.41. The minimum absolute atomic E-state index is 0.00978. The Bertz CT molecular complexity index is 596. The molecule has 1 fully saturated rings. The predicted molar refractivity (Wildman–Crippen MR) is 74.9 cm³/mol. The number of carbonyl (C=O) groups excluding carboxylic acids is 1. The maximum absolute atomic E-state index is 11.8. The lowest BCUT2D eigenvalue weighted by Gasteiger charge is -2.18. The Morgan fingerprint density at radius 1 is 1.39 bits per heavy atom. The lowest BCUT2D eigenvalue weighted by atomic mass is 9.99. The van der Waals surface area contributed by atoms with Gasteiger partial charge in [0.05, 0.1) is 10.6 Å². The molecule has 0 amide bonds. The number of hydrogen-bond donors (Lipinski definition) is 1. The van der Waals surface area contributed by atoms with Gasteiger partial charge >= 0.3 is 0 Å². The lowest BCUT2D eigenvalue weighted by Crippen LogP contribution is -2.21. The zero-order valence-electron chi connectivity index (χ0n) is 9.76. The van der Waals surface area contributed by atoms with E-state index in [1.807, 2.05) is 11.4 Å². The van der Waals surface area contributed by atoms with E-state index in [2.05, 4.69) is 9.97 Å². The van der Waals surface area contributed by atoms with Gasteiger partial charge in [-0.25, -0.2) is 9.97 Å². The number of aromatic nitrogens is 2. The molecule has 1 aliphatic rings. The second kappa shape index (κ2) is 4.85. The molecule has 6 heteroatoms. The van der Waals surface area contributed by atoms with Gasteiger partial charge in [-0.1, -0.05) is 18.2 Å². The number of thiophene rings is 1. The molecule has 0 aromatic carbocycles. The number of rotatable bonds is 2. The Hall–Kier alpha value is -1.14. The van der Waals surface area contributed by atoms with Crippen molar-refractivity contribution in [1.82, 2.24) is 9.97 Å². The normalized spacial score (nSPS) is 20.4. The quantitative estimate of drug-likeness (QED) is 0.856. The monoisotopic (exact) mass is 279 g/mol. The van der Waals surface area contributed by atoms with Crippen molar-refractivity contribution in [2.75, 3.05) is 5.73 Å². The maximum Gasteiger partial charge on any atom is 0.191 e. The number of anilines is 1. The smallest absolute Gasteiger partial charge is 0.191 e. The standard InChI is InChI=1S/C12H13N3OS2/c13-10-7-5-6-17-11(7)15-12(14-10)18-9-4-2-1-3-8(9)16/h5-6,9H,1-4H2,(H2,13,14,15). The van der Waals surface area contributed by atoms with Crippen LogP contribution in [0.3, 0.4) is 0 Å². The van der Waals surface area contributed by atoms with Gasteiger partial charge in [0, 0.05) is 6.42 Å². The van der Waals surface area contributed by atoms with E-state index >= 15 is 0 Å². The van der Waals surface area contributed by atoms with E-state index in [1.165, 1.54) is 11.8 Å². The van der Waals surface area contributed by atoms with Gasteiger partial charge in [0.2, 0.25) is 0 Å². The zero-order valence-corrected chi connectivity index (χ0v) is 11.4. The van der Waals surface area contributed by atoms with Crippen LogP contribution in [-0.4, -0.2) is 21.0 Å². The highest BCUT2D eigenvalue weighted by atomic mass is 32.2.